The summed E-state index contributed by atoms with van der Waals surface area (Å²) in [6.07, 6.45) is 3.13. The molecular weight excluding hydrogens is 506 g/mol. The highest BCUT2D eigenvalue weighted by molar-refractivity contribution is 7.22. The van der Waals surface area contributed by atoms with E-state index in [9.17, 15) is 18.4 Å². The average Bonchev–Trinajstić information content (AvgIpc) is 3.28. The number of rotatable bonds is 3. The third-order valence-corrected chi connectivity index (χ3v) is 8.73. The lowest BCUT2D eigenvalue weighted by molar-refractivity contribution is 0.0798. The Hall–Kier alpha value is -3.56. The van der Waals surface area contributed by atoms with Crippen LogP contribution in [-0.4, -0.2) is 33.5 Å². The van der Waals surface area contributed by atoms with Crippen LogP contribution in [0.5, 0.6) is 0 Å². The fraction of sp³-hybridized carbons (Fsp3) is 0.192. The molecule has 10 heteroatoms. The van der Waals surface area contributed by atoms with Crippen LogP contribution in [0.15, 0.2) is 70.5 Å². The molecule has 36 heavy (non-hydrogen) atoms. The summed E-state index contributed by atoms with van der Waals surface area (Å²) in [6.45, 7) is 0.576. The molecule has 3 aromatic heterocycles. The van der Waals surface area contributed by atoms with Crippen molar-refractivity contribution in [3.05, 3.63) is 86.8 Å². The molecule has 2 aromatic carbocycles. The number of hydrogen-bond donors (Lipinski definition) is 1. The Bertz CT molecular complexity index is 1810. The van der Waals surface area contributed by atoms with E-state index >= 15 is 0 Å². The van der Waals surface area contributed by atoms with Gasteiger partial charge in [-0.15, -0.1) is 11.3 Å². The van der Waals surface area contributed by atoms with E-state index in [-0.39, 0.29) is 13.1 Å². The Morgan fingerprint density at radius 3 is 2.61 bits per heavy atom. The lowest BCUT2D eigenvalue weighted by Gasteiger charge is -2.22. The van der Waals surface area contributed by atoms with Crippen LogP contribution in [0.25, 0.3) is 37.1 Å². The third kappa shape index (κ3) is 3.09. The summed E-state index contributed by atoms with van der Waals surface area (Å²) in [5.74, 6) is -3.78. The minimum absolute atomic E-state index is 0.288. The van der Waals surface area contributed by atoms with Crippen molar-refractivity contribution in [2.45, 2.75) is 5.92 Å². The molecule has 0 radical (unpaired) electrons. The summed E-state index contributed by atoms with van der Waals surface area (Å²) in [6, 6.07) is 14.6. The van der Waals surface area contributed by atoms with E-state index < -0.39 is 29.0 Å². The highest BCUT2D eigenvalue weighted by Gasteiger charge is 2.71. The number of piperidine rings is 1. The van der Waals surface area contributed by atoms with Crippen molar-refractivity contribution in [2.24, 2.45) is 11.8 Å². The van der Waals surface area contributed by atoms with Crippen LogP contribution >= 0.6 is 22.9 Å². The number of benzene rings is 2. The van der Waals surface area contributed by atoms with Crippen molar-refractivity contribution >= 4 is 49.6 Å². The zero-order chi connectivity index (χ0) is 24.8. The molecule has 1 aliphatic carbocycles. The number of aromatic nitrogens is 3. The maximum absolute atomic E-state index is 13.7. The Morgan fingerprint density at radius 2 is 1.83 bits per heavy atom. The van der Waals surface area contributed by atoms with Crippen molar-refractivity contribution in [1.29, 1.82) is 0 Å². The lowest BCUT2D eigenvalue weighted by atomic mass is 10.1. The second kappa shape index (κ2) is 7.47. The van der Waals surface area contributed by atoms with Crippen LogP contribution in [0.2, 0.25) is 5.02 Å². The summed E-state index contributed by atoms with van der Waals surface area (Å²) in [5.41, 5.74) is 1.28. The molecule has 2 aliphatic rings. The first-order chi connectivity index (χ1) is 17.3. The van der Waals surface area contributed by atoms with Crippen LogP contribution < -0.4 is 16.1 Å². The van der Waals surface area contributed by atoms with Gasteiger partial charge in [0.1, 0.15) is 4.70 Å². The van der Waals surface area contributed by atoms with Crippen LogP contribution in [0.3, 0.4) is 0 Å². The monoisotopic (exact) mass is 522 g/mol. The number of alkyl halides is 2. The van der Waals surface area contributed by atoms with E-state index in [0.29, 0.717) is 26.3 Å². The quantitative estimate of drug-likeness (QED) is 0.348. The molecule has 0 amide bonds. The SMILES string of the molecule is O=c1[nH]c2cc(-c3ccccc3Cl)sc2c(=O)n1-c1cncc2ccc(N3CC4C(C3)C4(F)F)cc12. The van der Waals surface area contributed by atoms with Gasteiger partial charge in [-0.1, -0.05) is 35.9 Å². The predicted molar refractivity (Wildman–Crippen MR) is 138 cm³/mol. The van der Waals surface area contributed by atoms with Gasteiger partial charge in [-0.3, -0.25) is 9.78 Å². The number of hydrogen-bond acceptors (Lipinski definition) is 5. The number of nitrogens with zero attached hydrogens (tertiary/aromatic N) is 3. The van der Waals surface area contributed by atoms with Gasteiger partial charge in [-0.25, -0.2) is 18.1 Å². The summed E-state index contributed by atoms with van der Waals surface area (Å²) >= 11 is 7.60. The summed E-state index contributed by atoms with van der Waals surface area (Å²) in [5, 5.41) is 1.93. The Balaban J connectivity index is 1.37. The standard InChI is InChI=1S/C26H17ClF2N4O2S/c27-19-4-2-1-3-15(19)22-8-20-23(36-22)24(34)33(25(35)31-20)21-10-30-9-13-5-6-14(7-16(13)21)32-11-17-18(12-32)26(17,28)29/h1-10,17-18H,11-12H2,(H,31,35). The molecule has 2 unspecified atom stereocenters. The van der Waals surface area contributed by atoms with Gasteiger partial charge in [0.05, 0.1) is 29.2 Å². The molecule has 2 fully saturated rings. The summed E-state index contributed by atoms with van der Waals surface area (Å²) < 4.78 is 28.9. The number of anilines is 1. The second-order valence-corrected chi connectivity index (χ2v) is 10.7. The molecule has 1 saturated heterocycles. The maximum atomic E-state index is 13.7. The molecule has 7 rings (SSSR count). The minimum Gasteiger partial charge on any atom is -0.370 e. The van der Waals surface area contributed by atoms with Crippen molar-refractivity contribution in [2.75, 3.05) is 18.0 Å². The lowest BCUT2D eigenvalue weighted by Crippen LogP contribution is -2.33. The first-order valence-electron chi connectivity index (χ1n) is 11.4. The van der Waals surface area contributed by atoms with Crippen LogP contribution in [0, 0.1) is 11.8 Å². The van der Waals surface area contributed by atoms with E-state index in [1.165, 1.54) is 17.5 Å². The van der Waals surface area contributed by atoms with Crippen molar-refractivity contribution < 1.29 is 8.78 Å². The molecule has 1 saturated carbocycles. The van der Waals surface area contributed by atoms with Gasteiger partial charge in [-0.05, 0) is 24.3 Å². The average molecular weight is 523 g/mol. The second-order valence-electron chi connectivity index (χ2n) is 9.26. The largest absolute Gasteiger partial charge is 0.370 e. The first kappa shape index (κ1) is 21.7. The topological polar surface area (TPSA) is 71.0 Å². The third-order valence-electron chi connectivity index (χ3n) is 7.24. The molecule has 0 bridgehead atoms. The minimum atomic E-state index is -2.57. The van der Waals surface area contributed by atoms with E-state index in [0.717, 1.165) is 26.1 Å². The van der Waals surface area contributed by atoms with Gasteiger partial charge in [-0.2, -0.15) is 0 Å². The van der Waals surface area contributed by atoms with Gasteiger partial charge in [0.25, 0.3) is 11.5 Å². The molecule has 180 valence electrons. The Kier molecular flexibility index (Phi) is 4.50. The zero-order valence-electron chi connectivity index (χ0n) is 18.5. The molecular formula is C26H17ClF2N4O2S. The predicted octanol–water partition coefficient (Wildman–Crippen LogP) is 5.31. The molecule has 2 atom stereocenters. The number of nitrogens with one attached hydrogen (secondary N) is 1. The molecule has 0 spiro atoms. The van der Waals surface area contributed by atoms with Gasteiger partial charge >= 0.3 is 5.69 Å². The Morgan fingerprint density at radius 1 is 1.06 bits per heavy atom. The number of thiophene rings is 1. The molecule has 1 N–H and O–H groups in total. The Labute approximate surface area is 211 Å². The normalized spacial score (nSPS) is 20.2. The van der Waals surface area contributed by atoms with Crippen molar-refractivity contribution in [3.8, 4) is 16.1 Å². The number of halogens is 3. The number of aromatic amines is 1. The fourth-order valence-electron chi connectivity index (χ4n) is 5.25. The summed E-state index contributed by atoms with van der Waals surface area (Å²) in [7, 11) is 0. The number of H-pyrrole nitrogens is 1. The van der Waals surface area contributed by atoms with Crippen LogP contribution in [0.4, 0.5) is 14.5 Å². The van der Waals surface area contributed by atoms with Crippen molar-refractivity contribution in [3.63, 3.8) is 0 Å². The smallest absolute Gasteiger partial charge is 0.333 e. The van der Waals surface area contributed by atoms with Gasteiger partial charge in [0.15, 0.2) is 0 Å². The highest BCUT2D eigenvalue weighted by Crippen LogP contribution is 2.59. The summed E-state index contributed by atoms with van der Waals surface area (Å²) in [4.78, 5) is 36.5. The zero-order valence-corrected chi connectivity index (χ0v) is 20.1. The van der Waals surface area contributed by atoms with Crippen LogP contribution in [0.1, 0.15) is 0 Å². The van der Waals surface area contributed by atoms with Gasteiger partial charge in [0, 0.05) is 51.2 Å². The van der Waals surface area contributed by atoms with E-state index in [1.54, 1.807) is 18.3 Å². The molecule has 1 aliphatic heterocycles. The van der Waals surface area contributed by atoms with E-state index in [1.807, 2.05) is 41.3 Å². The molecule has 6 nitrogen and oxygen atoms in total. The highest BCUT2D eigenvalue weighted by atomic mass is 35.5. The van der Waals surface area contributed by atoms with Crippen molar-refractivity contribution in [1.82, 2.24) is 14.5 Å². The first-order valence-corrected chi connectivity index (χ1v) is 12.6. The van der Waals surface area contributed by atoms with E-state index in [2.05, 4.69) is 9.97 Å². The molecule has 4 heterocycles. The number of pyridine rings is 1. The number of fused-ring (bicyclic) bond motifs is 3. The van der Waals surface area contributed by atoms with E-state index in [4.69, 9.17) is 11.6 Å². The fourth-order valence-corrected chi connectivity index (χ4v) is 6.63. The van der Waals surface area contributed by atoms with Gasteiger partial charge < -0.3 is 9.88 Å². The maximum Gasteiger partial charge on any atom is 0.333 e. The van der Waals surface area contributed by atoms with Gasteiger partial charge in [0.2, 0.25) is 0 Å². The van der Waals surface area contributed by atoms with Crippen LogP contribution in [-0.2, 0) is 0 Å². The molecule has 5 aromatic rings.